The Balaban J connectivity index is 2.13. The smallest absolute Gasteiger partial charge is 0.137 e. The number of rotatable bonds is 2. The quantitative estimate of drug-likeness (QED) is 0.822. The summed E-state index contributed by atoms with van der Waals surface area (Å²) in [7, 11) is 0. The number of piperidine rings is 1. The fraction of sp³-hybridized carbons (Fsp3) is 0.462. The van der Waals surface area contributed by atoms with Crippen molar-refractivity contribution in [2.45, 2.75) is 25.9 Å². The van der Waals surface area contributed by atoms with Gasteiger partial charge < -0.3 is 10.1 Å². The van der Waals surface area contributed by atoms with Gasteiger partial charge in [0.15, 0.2) is 0 Å². The summed E-state index contributed by atoms with van der Waals surface area (Å²) in [4.78, 5) is 0. The molecule has 1 saturated heterocycles. The Hall–Kier alpha value is -1.53. The topological polar surface area (TPSA) is 45.0 Å². The van der Waals surface area contributed by atoms with Gasteiger partial charge in [-0.3, -0.25) is 0 Å². The van der Waals surface area contributed by atoms with Gasteiger partial charge in [-0.25, -0.2) is 0 Å². The van der Waals surface area contributed by atoms with Crippen molar-refractivity contribution in [2.24, 2.45) is 0 Å². The van der Waals surface area contributed by atoms with Gasteiger partial charge in [0.1, 0.15) is 17.9 Å². The Morgan fingerprint density at radius 1 is 1.38 bits per heavy atom. The maximum atomic E-state index is 9.00. The van der Waals surface area contributed by atoms with Crippen LogP contribution in [-0.2, 0) is 0 Å². The monoisotopic (exact) mass is 216 g/mol. The molecule has 0 amide bonds. The number of hydrogen-bond donors (Lipinski definition) is 1. The standard InChI is InChI=1S/C13H16N2O/c1-10-2-3-11(9-14)13(8-10)16-12-4-6-15-7-5-12/h2-3,8,12,15H,4-7H2,1H3. The van der Waals surface area contributed by atoms with Crippen LogP contribution in [0.15, 0.2) is 18.2 Å². The third-order valence-electron chi connectivity index (χ3n) is 2.84. The summed E-state index contributed by atoms with van der Waals surface area (Å²) in [5, 5.41) is 12.3. The first-order valence-electron chi connectivity index (χ1n) is 5.68. The predicted molar refractivity (Wildman–Crippen MR) is 62.4 cm³/mol. The number of hydrogen-bond acceptors (Lipinski definition) is 3. The number of aryl methyl sites for hydroxylation is 1. The van der Waals surface area contributed by atoms with Gasteiger partial charge in [0.05, 0.1) is 5.56 Å². The van der Waals surface area contributed by atoms with Crippen molar-refractivity contribution >= 4 is 0 Å². The van der Waals surface area contributed by atoms with Gasteiger partial charge in [-0.1, -0.05) is 6.07 Å². The highest BCUT2D eigenvalue weighted by Gasteiger charge is 2.16. The SMILES string of the molecule is Cc1ccc(C#N)c(OC2CCNCC2)c1. The van der Waals surface area contributed by atoms with E-state index in [0.29, 0.717) is 5.56 Å². The van der Waals surface area contributed by atoms with E-state index in [0.717, 1.165) is 37.2 Å². The summed E-state index contributed by atoms with van der Waals surface area (Å²) in [5.41, 5.74) is 1.76. The van der Waals surface area contributed by atoms with Crippen LogP contribution in [0, 0.1) is 18.3 Å². The lowest BCUT2D eigenvalue weighted by molar-refractivity contribution is 0.162. The largest absolute Gasteiger partial charge is 0.489 e. The van der Waals surface area contributed by atoms with Gasteiger partial charge in [0.2, 0.25) is 0 Å². The first-order valence-corrected chi connectivity index (χ1v) is 5.68. The highest BCUT2D eigenvalue weighted by molar-refractivity contribution is 5.45. The molecule has 1 aliphatic rings. The number of ether oxygens (including phenoxy) is 1. The van der Waals surface area contributed by atoms with Gasteiger partial charge in [-0.05, 0) is 50.6 Å². The molecule has 3 nitrogen and oxygen atoms in total. The zero-order valence-electron chi connectivity index (χ0n) is 9.49. The minimum atomic E-state index is 0.246. The number of nitriles is 1. The molecule has 3 heteroatoms. The van der Waals surface area contributed by atoms with Crippen LogP contribution in [0.5, 0.6) is 5.75 Å². The Morgan fingerprint density at radius 3 is 2.81 bits per heavy atom. The molecule has 1 fully saturated rings. The molecule has 0 unspecified atom stereocenters. The summed E-state index contributed by atoms with van der Waals surface area (Å²) >= 11 is 0. The lowest BCUT2D eigenvalue weighted by Gasteiger charge is -2.24. The van der Waals surface area contributed by atoms with E-state index >= 15 is 0 Å². The molecule has 0 bridgehead atoms. The predicted octanol–water partition coefficient (Wildman–Crippen LogP) is 2.00. The summed E-state index contributed by atoms with van der Waals surface area (Å²) in [6.45, 7) is 4.01. The van der Waals surface area contributed by atoms with Crippen LogP contribution in [0.1, 0.15) is 24.0 Å². The molecule has 0 aliphatic carbocycles. The van der Waals surface area contributed by atoms with Gasteiger partial charge in [-0.15, -0.1) is 0 Å². The molecule has 1 aromatic carbocycles. The minimum absolute atomic E-state index is 0.246. The first-order chi connectivity index (χ1) is 7.79. The normalized spacial score (nSPS) is 16.8. The van der Waals surface area contributed by atoms with Crippen LogP contribution in [0.25, 0.3) is 0 Å². The third-order valence-corrected chi connectivity index (χ3v) is 2.84. The van der Waals surface area contributed by atoms with Crippen LogP contribution in [-0.4, -0.2) is 19.2 Å². The van der Waals surface area contributed by atoms with Crippen molar-refractivity contribution in [3.63, 3.8) is 0 Å². The van der Waals surface area contributed by atoms with E-state index in [9.17, 15) is 0 Å². The fourth-order valence-electron chi connectivity index (χ4n) is 1.91. The van der Waals surface area contributed by atoms with Crippen molar-refractivity contribution in [2.75, 3.05) is 13.1 Å². The van der Waals surface area contributed by atoms with E-state index in [2.05, 4.69) is 11.4 Å². The molecule has 0 atom stereocenters. The van der Waals surface area contributed by atoms with Crippen LogP contribution >= 0.6 is 0 Å². The van der Waals surface area contributed by atoms with Gasteiger partial charge >= 0.3 is 0 Å². The van der Waals surface area contributed by atoms with E-state index in [1.165, 1.54) is 0 Å². The zero-order valence-corrected chi connectivity index (χ0v) is 9.49. The number of nitrogens with zero attached hydrogens (tertiary/aromatic N) is 1. The first kappa shape index (κ1) is 11.0. The van der Waals surface area contributed by atoms with E-state index in [-0.39, 0.29) is 6.10 Å². The summed E-state index contributed by atoms with van der Waals surface area (Å²) < 4.78 is 5.90. The fourth-order valence-corrected chi connectivity index (χ4v) is 1.91. The second kappa shape index (κ2) is 5.00. The minimum Gasteiger partial charge on any atom is -0.489 e. The highest BCUT2D eigenvalue weighted by Crippen LogP contribution is 2.22. The lowest BCUT2D eigenvalue weighted by Crippen LogP contribution is -2.34. The molecule has 16 heavy (non-hydrogen) atoms. The van der Waals surface area contributed by atoms with Crippen molar-refractivity contribution in [1.82, 2.24) is 5.32 Å². The molecule has 84 valence electrons. The molecule has 1 heterocycles. The molecule has 1 aliphatic heterocycles. The maximum absolute atomic E-state index is 9.00. The average Bonchev–Trinajstić information content (AvgIpc) is 2.31. The van der Waals surface area contributed by atoms with Crippen LogP contribution in [0.2, 0.25) is 0 Å². The number of benzene rings is 1. The second-order valence-electron chi connectivity index (χ2n) is 4.18. The Labute approximate surface area is 96.0 Å². The highest BCUT2D eigenvalue weighted by atomic mass is 16.5. The van der Waals surface area contributed by atoms with Crippen molar-refractivity contribution in [3.8, 4) is 11.8 Å². The van der Waals surface area contributed by atoms with E-state index in [1.807, 2.05) is 25.1 Å². The molecule has 0 radical (unpaired) electrons. The number of nitrogens with one attached hydrogen (secondary N) is 1. The lowest BCUT2D eigenvalue weighted by atomic mass is 10.1. The third kappa shape index (κ3) is 2.53. The maximum Gasteiger partial charge on any atom is 0.137 e. The molecule has 0 saturated carbocycles. The summed E-state index contributed by atoms with van der Waals surface area (Å²) in [6.07, 6.45) is 2.27. The van der Waals surface area contributed by atoms with E-state index in [4.69, 9.17) is 10.00 Å². The van der Waals surface area contributed by atoms with E-state index in [1.54, 1.807) is 0 Å². The second-order valence-corrected chi connectivity index (χ2v) is 4.18. The molecular formula is C13H16N2O. The van der Waals surface area contributed by atoms with Crippen molar-refractivity contribution in [3.05, 3.63) is 29.3 Å². The van der Waals surface area contributed by atoms with Crippen molar-refractivity contribution in [1.29, 1.82) is 5.26 Å². The van der Waals surface area contributed by atoms with Gasteiger partial charge in [-0.2, -0.15) is 5.26 Å². The Morgan fingerprint density at radius 2 is 2.12 bits per heavy atom. The van der Waals surface area contributed by atoms with Crippen LogP contribution in [0.4, 0.5) is 0 Å². The molecule has 0 aromatic heterocycles. The molecule has 0 spiro atoms. The summed E-state index contributed by atoms with van der Waals surface area (Å²) in [5.74, 6) is 0.731. The molecular weight excluding hydrogens is 200 g/mol. The van der Waals surface area contributed by atoms with E-state index < -0.39 is 0 Å². The average molecular weight is 216 g/mol. The molecule has 2 rings (SSSR count). The molecule has 1 N–H and O–H groups in total. The summed E-state index contributed by atoms with van der Waals surface area (Å²) in [6, 6.07) is 7.88. The van der Waals surface area contributed by atoms with Gasteiger partial charge in [0, 0.05) is 0 Å². The van der Waals surface area contributed by atoms with Crippen molar-refractivity contribution < 1.29 is 4.74 Å². The van der Waals surface area contributed by atoms with Crippen LogP contribution < -0.4 is 10.1 Å². The molecule has 1 aromatic rings. The zero-order chi connectivity index (χ0) is 11.4. The Kier molecular flexibility index (Phi) is 3.43. The van der Waals surface area contributed by atoms with Crippen LogP contribution in [0.3, 0.4) is 0 Å². The van der Waals surface area contributed by atoms with Gasteiger partial charge in [0.25, 0.3) is 0 Å². The Bertz CT molecular complexity index is 403.